The standard InChI is InChI=1S/C15H15N5O2S2/c1-9-6-13(20-22-9)8-23-15-19-18-14(24-15)17-12-5-3-4-11(7-12)16-10(2)21/h3-7H,8H2,1-2H3,(H,16,21)(H,17,18). The normalized spacial score (nSPS) is 10.6. The highest BCUT2D eigenvalue weighted by atomic mass is 32.2. The first-order valence-corrected chi connectivity index (χ1v) is 8.92. The summed E-state index contributed by atoms with van der Waals surface area (Å²) in [5, 5.41) is 18.8. The Morgan fingerprint density at radius 2 is 2.12 bits per heavy atom. The fourth-order valence-corrected chi connectivity index (χ4v) is 3.59. The van der Waals surface area contributed by atoms with Gasteiger partial charge in [0.2, 0.25) is 11.0 Å². The summed E-state index contributed by atoms with van der Waals surface area (Å²) in [5.74, 6) is 1.37. The fourth-order valence-electron chi connectivity index (χ4n) is 1.94. The van der Waals surface area contributed by atoms with Gasteiger partial charge in [-0.25, -0.2) is 0 Å². The largest absolute Gasteiger partial charge is 0.361 e. The molecule has 0 saturated heterocycles. The smallest absolute Gasteiger partial charge is 0.221 e. The summed E-state index contributed by atoms with van der Waals surface area (Å²) in [7, 11) is 0. The molecule has 0 fully saturated rings. The van der Waals surface area contributed by atoms with Crippen LogP contribution in [-0.2, 0) is 10.5 Å². The highest BCUT2D eigenvalue weighted by Gasteiger charge is 2.08. The number of thioether (sulfide) groups is 1. The van der Waals surface area contributed by atoms with Crippen molar-refractivity contribution in [2.75, 3.05) is 10.6 Å². The summed E-state index contributed by atoms with van der Waals surface area (Å²) >= 11 is 3.01. The lowest BCUT2D eigenvalue weighted by Gasteiger charge is -2.05. The molecule has 2 N–H and O–H groups in total. The van der Waals surface area contributed by atoms with Crippen molar-refractivity contribution >= 4 is 45.5 Å². The van der Waals surface area contributed by atoms with Crippen LogP contribution in [0.2, 0.25) is 0 Å². The molecule has 0 bridgehead atoms. The molecule has 0 saturated carbocycles. The van der Waals surface area contributed by atoms with E-state index in [0.29, 0.717) is 10.9 Å². The second-order valence-electron chi connectivity index (χ2n) is 4.98. The SMILES string of the molecule is CC(=O)Nc1cccc(Nc2nnc(SCc3cc(C)on3)s2)c1. The fraction of sp³-hybridized carbons (Fsp3) is 0.200. The number of rotatable bonds is 6. The zero-order valence-electron chi connectivity index (χ0n) is 13.1. The molecule has 0 atom stereocenters. The molecule has 0 unspecified atom stereocenters. The zero-order valence-corrected chi connectivity index (χ0v) is 14.7. The third kappa shape index (κ3) is 4.56. The predicted molar refractivity (Wildman–Crippen MR) is 94.7 cm³/mol. The van der Waals surface area contributed by atoms with E-state index in [-0.39, 0.29) is 5.91 Å². The Kier molecular flexibility index (Phi) is 5.11. The van der Waals surface area contributed by atoms with Gasteiger partial charge in [-0.15, -0.1) is 10.2 Å². The van der Waals surface area contributed by atoms with Crippen molar-refractivity contribution in [2.24, 2.45) is 0 Å². The number of anilines is 3. The topological polar surface area (TPSA) is 92.9 Å². The van der Waals surface area contributed by atoms with E-state index in [1.165, 1.54) is 18.3 Å². The number of aryl methyl sites for hydroxylation is 1. The van der Waals surface area contributed by atoms with Crippen molar-refractivity contribution in [1.82, 2.24) is 15.4 Å². The van der Waals surface area contributed by atoms with Crippen molar-refractivity contribution in [2.45, 2.75) is 23.9 Å². The van der Waals surface area contributed by atoms with Crippen LogP contribution in [0.4, 0.5) is 16.5 Å². The van der Waals surface area contributed by atoms with E-state index in [1.807, 2.05) is 37.3 Å². The molecule has 9 heteroatoms. The predicted octanol–water partition coefficient (Wildman–Crippen LogP) is 3.83. The van der Waals surface area contributed by atoms with E-state index in [0.717, 1.165) is 27.2 Å². The molecule has 24 heavy (non-hydrogen) atoms. The molecule has 3 aromatic rings. The maximum atomic E-state index is 11.1. The van der Waals surface area contributed by atoms with E-state index < -0.39 is 0 Å². The molecule has 0 aliphatic carbocycles. The number of nitrogens with zero attached hydrogens (tertiary/aromatic N) is 3. The number of carbonyl (C=O) groups excluding carboxylic acids is 1. The first kappa shape index (κ1) is 16.5. The van der Waals surface area contributed by atoms with Gasteiger partial charge in [0.25, 0.3) is 0 Å². The minimum Gasteiger partial charge on any atom is -0.361 e. The van der Waals surface area contributed by atoms with Crippen LogP contribution in [0.3, 0.4) is 0 Å². The van der Waals surface area contributed by atoms with Crippen LogP contribution in [0.25, 0.3) is 0 Å². The second-order valence-corrected chi connectivity index (χ2v) is 7.18. The van der Waals surface area contributed by atoms with Gasteiger partial charge in [-0.2, -0.15) is 0 Å². The van der Waals surface area contributed by atoms with Crippen molar-refractivity contribution in [3.05, 3.63) is 41.8 Å². The molecule has 2 heterocycles. The quantitative estimate of drug-likeness (QED) is 0.645. The maximum Gasteiger partial charge on any atom is 0.221 e. The van der Waals surface area contributed by atoms with Gasteiger partial charge in [-0.3, -0.25) is 4.79 Å². The second kappa shape index (κ2) is 7.45. The molecule has 2 aromatic heterocycles. The Balaban J connectivity index is 1.60. The molecular formula is C15H15N5O2S2. The molecule has 1 aromatic carbocycles. The van der Waals surface area contributed by atoms with Crippen molar-refractivity contribution in [3.8, 4) is 0 Å². The van der Waals surface area contributed by atoms with Gasteiger partial charge in [-0.05, 0) is 25.1 Å². The molecule has 0 spiro atoms. The van der Waals surface area contributed by atoms with Gasteiger partial charge in [0.15, 0.2) is 4.34 Å². The summed E-state index contributed by atoms with van der Waals surface area (Å²) in [6.07, 6.45) is 0. The van der Waals surface area contributed by atoms with Crippen LogP contribution in [0.15, 0.2) is 39.2 Å². The highest BCUT2D eigenvalue weighted by Crippen LogP contribution is 2.30. The van der Waals surface area contributed by atoms with E-state index in [2.05, 4.69) is 26.0 Å². The molecule has 1 amide bonds. The number of hydrogen-bond acceptors (Lipinski definition) is 8. The number of benzene rings is 1. The first-order chi connectivity index (χ1) is 11.6. The molecule has 7 nitrogen and oxygen atoms in total. The van der Waals surface area contributed by atoms with Crippen LogP contribution in [0, 0.1) is 6.92 Å². The number of aromatic nitrogens is 3. The summed E-state index contributed by atoms with van der Waals surface area (Å²) in [5.41, 5.74) is 2.44. The summed E-state index contributed by atoms with van der Waals surface area (Å²) in [6.45, 7) is 3.34. The van der Waals surface area contributed by atoms with Crippen LogP contribution < -0.4 is 10.6 Å². The Hall–Kier alpha value is -2.39. The first-order valence-electron chi connectivity index (χ1n) is 7.11. The third-order valence-electron chi connectivity index (χ3n) is 2.86. The molecule has 124 valence electrons. The molecule has 0 aliphatic rings. The Bertz CT molecular complexity index is 846. The Labute approximate surface area is 146 Å². The van der Waals surface area contributed by atoms with E-state index in [9.17, 15) is 4.79 Å². The summed E-state index contributed by atoms with van der Waals surface area (Å²) in [4.78, 5) is 11.1. The Morgan fingerprint density at radius 3 is 2.88 bits per heavy atom. The Morgan fingerprint density at radius 1 is 1.29 bits per heavy atom. The van der Waals surface area contributed by atoms with Crippen molar-refractivity contribution in [1.29, 1.82) is 0 Å². The maximum absolute atomic E-state index is 11.1. The van der Waals surface area contributed by atoms with Gasteiger partial charge in [0.05, 0.1) is 5.69 Å². The van der Waals surface area contributed by atoms with Gasteiger partial charge in [0.1, 0.15) is 5.76 Å². The van der Waals surface area contributed by atoms with Crippen LogP contribution >= 0.6 is 23.1 Å². The lowest BCUT2D eigenvalue weighted by Crippen LogP contribution is -2.05. The minimum atomic E-state index is -0.107. The van der Waals surface area contributed by atoms with Crippen molar-refractivity contribution in [3.63, 3.8) is 0 Å². The number of amides is 1. The lowest BCUT2D eigenvalue weighted by molar-refractivity contribution is -0.114. The third-order valence-corrected chi connectivity index (χ3v) is 4.87. The molecular weight excluding hydrogens is 346 g/mol. The molecule has 3 rings (SSSR count). The van der Waals surface area contributed by atoms with Crippen molar-refractivity contribution < 1.29 is 9.32 Å². The average molecular weight is 361 g/mol. The monoisotopic (exact) mass is 361 g/mol. The number of nitrogens with one attached hydrogen (secondary N) is 2. The van der Waals surface area contributed by atoms with E-state index in [1.54, 1.807) is 11.8 Å². The van der Waals surface area contributed by atoms with Gasteiger partial charge in [-0.1, -0.05) is 34.3 Å². The molecule has 0 radical (unpaired) electrons. The van der Waals surface area contributed by atoms with E-state index in [4.69, 9.17) is 4.52 Å². The van der Waals surface area contributed by atoms with Gasteiger partial charge < -0.3 is 15.2 Å². The molecule has 0 aliphatic heterocycles. The number of hydrogen-bond donors (Lipinski definition) is 2. The van der Waals surface area contributed by atoms with E-state index >= 15 is 0 Å². The average Bonchev–Trinajstić information content (AvgIpc) is 3.14. The summed E-state index contributed by atoms with van der Waals surface area (Å²) < 4.78 is 5.88. The van der Waals surface area contributed by atoms with Gasteiger partial charge in [0, 0.05) is 30.1 Å². The van der Waals surface area contributed by atoms with Gasteiger partial charge >= 0.3 is 0 Å². The number of carbonyl (C=O) groups is 1. The highest BCUT2D eigenvalue weighted by molar-refractivity contribution is 8.00. The minimum absolute atomic E-state index is 0.107. The lowest BCUT2D eigenvalue weighted by atomic mass is 10.3. The van der Waals surface area contributed by atoms with Crippen LogP contribution in [0.1, 0.15) is 18.4 Å². The van der Waals surface area contributed by atoms with Crippen LogP contribution in [-0.4, -0.2) is 21.3 Å². The summed E-state index contributed by atoms with van der Waals surface area (Å²) in [6, 6.07) is 9.33. The zero-order chi connectivity index (χ0) is 16.9. The van der Waals surface area contributed by atoms with Crippen LogP contribution in [0.5, 0.6) is 0 Å².